The molecule has 0 amide bonds. The number of rotatable bonds is 7. The Morgan fingerprint density at radius 3 is 2.47 bits per heavy atom. The van der Waals surface area contributed by atoms with Crippen LogP contribution in [0.2, 0.25) is 0 Å². The molecule has 3 aliphatic rings. The van der Waals surface area contributed by atoms with Gasteiger partial charge < -0.3 is 19.7 Å². The number of carboxylic acids is 1. The van der Waals surface area contributed by atoms with Crippen LogP contribution in [0.1, 0.15) is 71.6 Å². The normalized spacial score (nSPS) is 23.3. The number of carboxylic acid groups (broad SMARTS) is 1. The van der Waals surface area contributed by atoms with Crippen LogP contribution in [0, 0.1) is 18.6 Å². The maximum atomic E-state index is 14.6. The SMILES string of the molecule is Cc1cc(N2C3CCC2CC(OCc2c(-c4c(F)cccc4F)c[nH]c2C2CC2)C3)ncc1C(=O)O. The molecule has 3 aromatic rings. The van der Waals surface area contributed by atoms with E-state index in [0.717, 1.165) is 55.6 Å². The van der Waals surface area contributed by atoms with Crippen LogP contribution in [-0.2, 0) is 11.3 Å². The molecule has 1 aliphatic carbocycles. The molecule has 188 valence electrons. The van der Waals surface area contributed by atoms with Crippen LogP contribution >= 0.6 is 0 Å². The van der Waals surface area contributed by atoms with Gasteiger partial charge in [-0.15, -0.1) is 0 Å². The van der Waals surface area contributed by atoms with Crippen molar-refractivity contribution in [1.29, 1.82) is 0 Å². The third-order valence-electron chi connectivity index (χ3n) is 7.98. The van der Waals surface area contributed by atoms with E-state index in [9.17, 15) is 18.7 Å². The predicted molar refractivity (Wildman–Crippen MR) is 131 cm³/mol. The molecule has 6 nitrogen and oxygen atoms in total. The molecule has 2 saturated heterocycles. The maximum absolute atomic E-state index is 14.6. The molecule has 6 rings (SSSR count). The first kappa shape index (κ1) is 23.2. The number of hydrogen-bond donors (Lipinski definition) is 2. The monoisotopic (exact) mass is 493 g/mol. The van der Waals surface area contributed by atoms with Gasteiger partial charge in [0.1, 0.15) is 17.5 Å². The van der Waals surface area contributed by atoms with Gasteiger partial charge in [0.25, 0.3) is 0 Å². The van der Waals surface area contributed by atoms with E-state index in [1.54, 1.807) is 13.1 Å². The van der Waals surface area contributed by atoms with Gasteiger partial charge in [-0.3, -0.25) is 0 Å². The number of aromatic carboxylic acids is 1. The molecule has 2 atom stereocenters. The van der Waals surface area contributed by atoms with Gasteiger partial charge in [0.05, 0.1) is 23.8 Å². The Kier molecular flexibility index (Phi) is 5.79. The molecule has 0 spiro atoms. The number of H-pyrrole nitrogens is 1. The molecular formula is C28H29F2N3O3. The zero-order valence-electron chi connectivity index (χ0n) is 20.1. The van der Waals surface area contributed by atoms with Crippen LogP contribution in [0.15, 0.2) is 36.7 Å². The van der Waals surface area contributed by atoms with Gasteiger partial charge in [0.15, 0.2) is 0 Å². The van der Waals surface area contributed by atoms with Crippen LogP contribution in [0.4, 0.5) is 14.6 Å². The van der Waals surface area contributed by atoms with Crippen molar-refractivity contribution in [3.63, 3.8) is 0 Å². The van der Waals surface area contributed by atoms with E-state index in [-0.39, 0.29) is 29.3 Å². The Labute approximate surface area is 208 Å². The fourth-order valence-corrected chi connectivity index (χ4v) is 6.08. The summed E-state index contributed by atoms with van der Waals surface area (Å²) >= 11 is 0. The summed E-state index contributed by atoms with van der Waals surface area (Å²) < 4.78 is 35.7. The number of aromatic nitrogens is 2. The van der Waals surface area contributed by atoms with Crippen molar-refractivity contribution in [3.05, 3.63) is 70.7 Å². The number of hydrogen-bond acceptors (Lipinski definition) is 4. The van der Waals surface area contributed by atoms with Crippen LogP contribution in [0.5, 0.6) is 0 Å². The fraction of sp³-hybridized carbons (Fsp3) is 0.429. The van der Waals surface area contributed by atoms with Gasteiger partial charge in [-0.1, -0.05) is 6.07 Å². The molecule has 2 N–H and O–H groups in total. The number of fused-ring (bicyclic) bond motifs is 2. The number of pyridine rings is 1. The summed E-state index contributed by atoms with van der Waals surface area (Å²) in [6.45, 7) is 2.12. The molecule has 2 unspecified atom stereocenters. The summed E-state index contributed by atoms with van der Waals surface area (Å²) in [4.78, 5) is 21.4. The highest BCUT2D eigenvalue weighted by molar-refractivity contribution is 5.89. The molecule has 3 fully saturated rings. The number of benzene rings is 1. The van der Waals surface area contributed by atoms with Crippen molar-refractivity contribution >= 4 is 11.8 Å². The highest BCUT2D eigenvalue weighted by Crippen LogP contribution is 2.45. The standard InChI is InChI=1S/C28H29F2N3O3/c1-15-9-25(31-12-20(15)28(34)35)33-17-7-8-18(33)11-19(10-17)36-14-22-21(13-32-27(22)16-5-6-16)26-23(29)3-2-4-24(26)30/h2-4,9,12-13,16-19,32H,5-8,10-11,14H2,1H3,(H,34,35). The summed E-state index contributed by atoms with van der Waals surface area (Å²) in [5.41, 5.74) is 3.37. The average molecular weight is 494 g/mol. The quantitative estimate of drug-likeness (QED) is 0.425. The van der Waals surface area contributed by atoms with Crippen molar-refractivity contribution in [2.24, 2.45) is 0 Å². The molecule has 4 heterocycles. The van der Waals surface area contributed by atoms with Crippen LogP contribution in [0.25, 0.3) is 11.1 Å². The van der Waals surface area contributed by atoms with E-state index in [1.807, 2.05) is 6.07 Å². The number of anilines is 1. The lowest BCUT2D eigenvalue weighted by atomic mass is 9.98. The first-order valence-corrected chi connectivity index (χ1v) is 12.6. The molecule has 1 saturated carbocycles. The number of halogens is 2. The van der Waals surface area contributed by atoms with Crippen molar-refractivity contribution in [1.82, 2.24) is 9.97 Å². The first-order valence-electron chi connectivity index (χ1n) is 12.6. The van der Waals surface area contributed by atoms with Crippen molar-refractivity contribution in [2.45, 2.75) is 76.2 Å². The fourth-order valence-electron chi connectivity index (χ4n) is 6.08. The summed E-state index contributed by atoms with van der Waals surface area (Å²) in [7, 11) is 0. The van der Waals surface area contributed by atoms with E-state index in [1.165, 1.54) is 24.4 Å². The minimum atomic E-state index is -0.966. The Morgan fingerprint density at radius 2 is 1.86 bits per heavy atom. The smallest absolute Gasteiger partial charge is 0.337 e. The largest absolute Gasteiger partial charge is 0.478 e. The second-order valence-electron chi connectivity index (χ2n) is 10.3. The lowest BCUT2D eigenvalue weighted by Crippen LogP contribution is -2.46. The molecule has 8 heteroatoms. The average Bonchev–Trinajstić information content (AvgIpc) is 3.55. The minimum Gasteiger partial charge on any atom is -0.478 e. The van der Waals surface area contributed by atoms with E-state index in [2.05, 4.69) is 14.9 Å². The van der Waals surface area contributed by atoms with Gasteiger partial charge in [-0.25, -0.2) is 18.6 Å². The van der Waals surface area contributed by atoms with Crippen molar-refractivity contribution in [3.8, 4) is 11.1 Å². The van der Waals surface area contributed by atoms with Gasteiger partial charge in [0, 0.05) is 41.3 Å². The molecular weight excluding hydrogens is 464 g/mol. The highest BCUT2D eigenvalue weighted by Gasteiger charge is 2.42. The number of aryl methyl sites for hydroxylation is 1. The lowest BCUT2D eigenvalue weighted by Gasteiger charge is -2.40. The van der Waals surface area contributed by atoms with Crippen LogP contribution < -0.4 is 4.90 Å². The lowest BCUT2D eigenvalue weighted by molar-refractivity contribution is 0.0149. The second kappa shape index (κ2) is 9.00. The predicted octanol–water partition coefficient (Wildman–Crippen LogP) is 5.96. The molecule has 2 aromatic heterocycles. The summed E-state index contributed by atoms with van der Waals surface area (Å²) in [6.07, 6.45) is 9.10. The van der Waals surface area contributed by atoms with E-state index in [0.29, 0.717) is 23.7 Å². The van der Waals surface area contributed by atoms with Gasteiger partial charge in [-0.2, -0.15) is 0 Å². The summed E-state index contributed by atoms with van der Waals surface area (Å²) in [6, 6.07) is 6.38. The van der Waals surface area contributed by atoms with Crippen molar-refractivity contribution in [2.75, 3.05) is 4.90 Å². The summed E-state index contributed by atoms with van der Waals surface area (Å²) in [5.74, 6) is -0.886. The van der Waals surface area contributed by atoms with Gasteiger partial charge in [-0.05, 0) is 75.1 Å². The van der Waals surface area contributed by atoms with Crippen molar-refractivity contribution < 1.29 is 23.4 Å². The van der Waals surface area contributed by atoms with Crippen LogP contribution in [-0.4, -0.2) is 39.2 Å². The van der Waals surface area contributed by atoms with Gasteiger partial charge in [0.2, 0.25) is 0 Å². The zero-order valence-corrected chi connectivity index (χ0v) is 20.1. The number of aromatic amines is 1. The van der Waals surface area contributed by atoms with Crippen LogP contribution in [0.3, 0.4) is 0 Å². The number of carbonyl (C=O) groups is 1. The Bertz CT molecular complexity index is 1290. The number of nitrogens with zero attached hydrogens (tertiary/aromatic N) is 2. The summed E-state index contributed by atoms with van der Waals surface area (Å²) in [5, 5.41) is 9.32. The van der Waals surface area contributed by atoms with E-state index >= 15 is 0 Å². The van der Waals surface area contributed by atoms with E-state index < -0.39 is 17.6 Å². The Hall–Kier alpha value is -3.26. The van der Waals surface area contributed by atoms with Gasteiger partial charge >= 0.3 is 5.97 Å². The third kappa shape index (κ3) is 4.07. The maximum Gasteiger partial charge on any atom is 0.337 e. The number of ether oxygens (including phenoxy) is 1. The van der Waals surface area contributed by atoms with E-state index in [4.69, 9.17) is 4.74 Å². The molecule has 2 bridgehead atoms. The zero-order chi connectivity index (χ0) is 25.0. The minimum absolute atomic E-state index is 0.000362. The highest BCUT2D eigenvalue weighted by atomic mass is 19.1. The topological polar surface area (TPSA) is 78.5 Å². The second-order valence-corrected chi connectivity index (χ2v) is 10.3. The molecule has 2 aliphatic heterocycles. The Morgan fingerprint density at radius 1 is 1.17 bits per heavy atom. The number of piperidine rings is 1. The molecule has 36 heavy (non-hydrogen) atoms. The molecule has 1 aromatic carbocycles. The Balaban J connectivity index is 1.20. The first-order chi connectivity index (χ1) is 17.4. The molecule has 0 radical (unpaired) electrons. The third-order valence-corrected chi connectivity index (χ3v) is 7.98. The number of nitrogens with one attached hydrogen (secondary N) is 1.